The minimum Gasteiger partial charge on any atom is -0.550 e. The number of allylic oxidation sites excluding steroid dienone is 1. The molecule has 0 aromatic heterocycles. The quantitative estimate of drug-likeness (QED) is 0.0268. The molecule has 3 aliphatic rings. The lowest BCUT2D eigenvalue weighted by Crippen LogP contribution is -2.84. The second-order valence-corrected chi connectivity index (χ2v) is 32.7. The molecule has 0 radical (unpaired) electrons. The van der Waals surface area contributed by atoms with Gasteiger partial charge in [-0.2, -0.15) is 0 Å². The minimum atomic E-state index is -1.60. The third-order valence-corrected chi connectivity index (χ3v) is 22.4. The van der Waals surface area contributed by atoms with E-state index in [1.807, 2.05) is 36.4 Å². The Balaban J connectivity index is 0.000000637. The number of ether oxygens (including phenoxy) is 2. The number of quaternary nitrogens is 2. The summed E-state index contributed by atoms with van der Waals surface area (Å²) in [5.41, 5.74) is 12.5. The van der Waals surface area contributed by atoms with Gasteiger partial charge in [0.25, 0.3) is 0 Å². The lowest BCUT2D eigenvalue weighted by atomic mass is 9.76. The normalized spacial score (nSPS) is 15.8. The number of methoxy groups -OCH3 is 1. The van der Waals surface area contributed by atoms with Gasteiger partial charge in [0, 0.05) is 187 Å². The largest absolute Gasteiger partial charge is 0.550 e. The van der Waals surface area contributed by atoms with Crippen molar-refractivity contribution < 1.29 is 122 Å². The average Bonchev–Trinajstić information content (AvgIpc) is 0.738. The van der Waals surface area contributed by atoms with Gasteiger partial charge >= 0.3 is 5.97 Å². The number of anilines is 1. The molecule has 0 saturated heterocycles. The second-order valence-electron chi connectivity index (χ2n) is 32.7. The van der Waals surface area contributed by atoms with Crippen LogP contribution in [0.15, 0.2) is 66.0 Å². The lowest BCUT2D eigenvalue weighted by molar-refractivity contribution is -0.655. The number of fused-ring (bicyclic) bond motifs is 1. The minimum absolute atomic E-state index is 0. The van der Waals surface area contributed by atoms with Crippen molar-refractivity contribution in [2.45, 2.75) is 289 Å². The van der Waals surface area contributed by atoms with Crippen molar-refractivity contribution in [2.24, 2.45) is 35.3 Å². The second kappa shape index (κ2) is 60.4. The predicted molar refractivity (Wildman–Crippen MR) is 455 cm³/mol. The number of aliphatic carboxylic acids is 4. The van der Waals surface area contributed by atoms with E-state index in [-0.39, 0.29) is 151 Å². The van der Waals surface area contributed by atoms with Gasteiger partial charge in [-0.3, -0.25) is 57.5 Å². The number of nitrogens with two attached hydrogens (primary N) is 2. The van der Waals surface area contributed by atoms with Gasteiger partial charge in [0.1, 0.15) is 35.3 Å². The molecule has 0 saturated carbocycles. The Morgan fingerprint density at radius 3 is 1.71 bits per heavy atom. The first-order valence-electron chi connectivity index (χ1n) is 44.1. The number of carboxylic acid groups (broad SMARTS) is 4. The molecule has 32 heteroatoms. The molecule has 3 unspecified atom stereocenters. The summed E-state index contributed by atoms with van der Waals surface area (Å²) >= 11 is 0. The van der Waals surface area contributed by atoms with E-state index in [0.29, 0.717) is 98.8 Å². The van der Waals surface area contributed by atoms with Gasteiger partial charge in [-0.05, 0) is 121 Å². The predicted octanol–water partition coefficient (Wildman–Crippen LogP) is 3.10. The Bertz CT molecular complexity index is 3960. The van der Waals surface area contributed by atoms with Crippen LogP contribution in [0.4, 0.5) is 5.69 Å². The van der Waals surface area contributed by atoms with Crippen molar-refractivity contribution >= 4 is 116 Å². The lowest BCUT2D eigenvalue weighted by Gasteiger charge is -2.27. The SMILES string of the molecule is C.CC(=O)CCCCCCCCCCC(=O)NCCCC[C@H]([NH3+])C(=O)C[C@H](CCC1C(=O)c2cccc3c(N(C)C)ccc(c23)C1=O)C(=O)NCC[C@@H](NC(=O)CCCC(=O)[O-])C(=O)[O-].CCCCCCCCCC(=O)CCC[NH2+]CC[C@H](N)C(=O)C[C@H](CCNC(=O)C1C=C2C=CC(OC)=CC2OC1=O)C(=O)NCC[C@@H](CC(=O)CCCC(=O)[O-])C(=O)[O-]. The maximum atomic E-state index is 13.9. The Kier molecular flexibility index (Phi) is 52.6. The van der Waals surface area contributed by atoms with E-state index in [0.717, 1.165) is 81.7 Å². The summed E-state index contributed by atoms with van der Waals surface area (Å²) in [5, 5.41) is 61.3. The van der Waals surface area contributed by atoms with Crippen molar-refractivity contribution in [1.82, 2.24) is 26.6 Å². The molecule has 5 rings (SSSR count). The topological polar surface area (TPSA) is 535 Å². The summed E-state index contributed by atoms with van der Waals surface area (Å²) in [4.78, 5) is 214. The number of hydrogen-bond acceptors (Lipinski definition) is 25. The third-order valence-electron chi connectivity index (χ3n) is 22.4. The van der Waals surface area contributed by atoms with Crippen LogP contribution in [0.25, 0.3) is 10.8 Å². The van der Waals surface area contributed by atoms with Crippen LogP contribution in [-0.2, 0) is 81.4 Å². The van der Waals surface area contributed by atoms with Gasteiger partial charge in [0.05, 0.1) is 44.2 Å². The smallest absolute Gasteiger partial charge is 0.323 e. The van der Waals surface area contributed by atoms with Crippen LogP contribution >= 0.6 is 0 Å². The molecule has 690 valence electrons. The maximum Gasteiger partial charge on any atom is 0.323 e. The zero-order chi connectivity index (χ0) is 90.8. The van der Waals surface area contributed by atoms with E-state index < -0.39 is 119 Å². The molecule has 124 heavy (non-hydrogen) atoms. The fraction of sp³-hybridized carbons (Fsp3) is 0.641. The molecule has 32 nitrogen and oxygen atoms in total. The number of nitrogens with zero attached hydrogens (tertiary/aromatic N) is 1. The van der Waals surface area contributed by atoms with Crippen LogP contribution < -0.4 is 68.7 Å². The van der Waals surface area contributed by atoms with Crippen molar-refractivity contribution in [3.8, 4) is 0 Å². The Hall–Kier alpha value is -10.2. The summed E-state index contributed by atoms with van der Waals surface area (Å²) < 4.78 is 10.6. The van der Waals surface area contributed by atoms with Gasteiger partial charge in [0.2, 0.25) is 29.5 Å². The van der Waals surface area contributed by atoms with E-state index in [9.17, 15) is 102 Å². The first-order chi connectivity index (χ1) is 58.8. The van der Waals surface area contributed by atoms with E-state index in [1.165, 1.54) is 45.3 Å². The highest BCUT2D eigenvalue weighted by molar-refractivity contribution is 6.30. The number of Topliss-reactive ketones (excluding diaryl/α,β-unsaturated/α-hetero) is 7. The molecular formula is C92H137N9O23-2. The fourth-order valence-corrected chi connectivity index (χ4v) is 15.0. The number of carbonyl (C=O) groups is 17. The number of amides is 5. The molecule has 1 aliphatic heterocycles. The molecular weight excluding hydrogens is 1600 g/mol. The number of carboxylic acids is 4. The molecule has 12 N–H and O–H groups in total. The summed E-state index contributed by atoms with van der Waals surface area (Å²) in [7, 11) is 5.22. The molecule has 5 amide bonds. The maximum absolute atomic E-state index is 13.9. The summed E-state index contributed by atoms with van der Waals surface area (Å²) in [6, 6.07) is 5.79. The van der Waals surface area contributed by atoms with Gasteiger partial charge in [0.15, 0.2) is 29.1 Å². The molecule has 0 spiro atoms. The molecule has 9 atom stereocenters. The number of carbonyl (C=O) groups excluding carboxylic acids is 17. The van der Waals surface area contributed by atoms with Crippen molar-refractivity contribution in [3.63, 3.8) is 0 Å². The van der Waals surface area contributed by atoms with Crippen molar-refractivity contribution in [3.05, 3.63) is 77.1 Å². The van der Waals surface area contributed by atoms with Crippen molar-refractivity contribution in [1.29, 1.82) is 0 Å². The molecule has 2 aromatic rings. The number of ketones is 7. The Labute approximate surface area is 729 Å². The first kappa shape index (κ1) is 108. The molecule has 2 aliphatic carbocycles. The zero-order valence-electron chi connectivity index (χ0n) is 72.7. The van der Waals surface area contributed by atoms with E-state index in [2.05, 4.69) is 39.2 Å². The van der Waals surface area contributed by atoms with Crippen molar-refractivity contribution in [2.75, 3.05) is 65.4 Å². The van der Waals surface area contributed by atoms with E-state index >= 15 is 0 Å². The highest BCUT2D eigenvalue weighted by Gasteiger charge is 2.39. The van der Waals surface area contributed by atoms with E-state index in [1.54, 1.807) is 43.4 Å². The van der Waals surface area contributed by atoms with Gasteiger partial charge in [-0.15, -0.1) is 0 Å². The molecule has 2 aromatic carbocycles. The standard InChI is InChI=1S/C48H69N5O11.C43H66N4O12.CH4/c1-31(54)16-10-8-6-4-5-7-9-11-20-41(56)50-28-13-12-19-37(49)40(55)30-32(47(62)51-29-27-38(48(63)64)52-42(57)21-15-22-43(58)59)23-24-36-45(60)34-18-14-17-33-39(53(2)3)26-25-35(44(33)34)46(36)61;1-3-4-5-6-7-8-9-12-32(48)14-11-21-45-22-20-36(44)37(50)27-30(40(53)46-24-19-31(42(55)56)25-33(49)13-10-15-39(51)52)18-23-47-41(54)35-26-29-16-17-34(58-2)28-38(29)59-43(35)57;/h14,17-18,25-26,32,36-38H,4-13,15-16,19-24,27-30,49H2,1-3H3,(H,50,56)(H,51,62)(H,52,57)(H,58,59)(H,63,64);16-17,26,28,30-31,35-36,38,45H,3-15,18-25,27,44H2,1-2H3,(H,46,53)(H,47,54)(H,51,52)(H,55,56);1H4/p-2/t32-,36?,37-,38+;30-,31-,35?,36-,38?;/m00./s1. The van der Waals surface area contributed by atoms with E-state index in [4.69, 9.17) is 15.2 Å². The van der Waals surface area contributed by atoms with Crippen LogP contribution in [0.2, 0.25) is 0 Å². The highest BCUT2D eigenvalue weighted by atomic mass is 16.5. The fourth-order valence-electron chi connectivity index (χ4n) is 15.0. The highest BCUT2D eigenvalue weighted by Crippen LogP contribution is 2.39. The summed E-state index contributed by atoms with van der Waals surface area (Å²) in [6.45, 7) is 5.02. The van der Waals surface area contributed by atoms with Crippen LogP contribution in [0.5, 0.6) is 0 Å². The number of hydrogen-bond donors (Lipinski definition) is 8. The molecule has 0 bridgehead atoms. The van der Waals surface area contributed by atoms with Crippen LogP contribution in [0, 0.1) is 29.6 Å². The van der Waals surface area contributed by atoms with Gasteiger partial charge < -0.3 is 102 Å². The van der Waals surface area contributed by atoms with Crippen LogP contribution in [0.1, 0.15) is 286 Å². The van der Waals surface area contributed by atoms with Crippen LogP contribution in [0.3, 0.4) is 0 Å². The molecule has 1 heterocycles. The summed E-state index contributed by atoms with van der Waals surface area (Å²) in [6.07, 6.45) is 24.5. The Morgan fingerprint density at radius 2 is 1.10 bits per heavy atom. The number of rotatable bonds is 67. The first-order valence-corrected chi connectivity index (χ1v) is 44.1. The third kappa shape index (κ3) is 41.5. The van der Waals surface area contributed by atoms with Gasteiger partial charge in [-0.1, -0.05) is 122 Å². The average molecular weight is 1740 g/mol. The number of benzene rings is 2. The number of unbranched alkanes of at least 4 members (excludes halogenated alkanes) is 14. The van der Waals surface area contributed by atoms with Crippen LogP contribution in [-0.4, -0.2) is 185 Å². The molecule has 0 fully saturated rings. The van der Waals surface area contributed by atoms with Gasteiger partial charge in [-0.25, -0.2) is 0 Å². The Morgan fingerprint density at radius 1 is 0.540 bits per heavy atom. The number of nitrogens with one attached hydrogen (secondary N) is 5. The number of esters is 1. The zero-order valence-corrected chi connectivity index (χ0v) is 72.7. The monoisotopic (exact) mass is 1740 g/mol. The summed E-state index contributed by atoms with van der Waals surface area (Å²) in [5.74, 6) is -15.5.